The van der Waals surface area contributed by atoms with Crippen LogP contribution in [-0.2, 0) is 11.2 Å². The van der Waals surface area contributed by atoms with E-state index in [1.807, 2.05) is 0 Å². The van der Waals surface area contributed by atoms with Gasteiger partial charge in [0.05, 0.1) is 5.69 Å². The standard InChI is InChI=1S/C16H19FN2O/c1-11(9-18-14-5-6-14)10-19-15-8-13(17)4-2-12(15)3-7-16(19)20/h2,4,8,14,18H,1,3,5-7,9-10H2. The second-order valence-corrected chi connectivity index (χ2v) is 5.66. The lowest BCUT2D eigenvalue weighted by Gasteiger charge is -2.30. The van der Waals surface area contributed by atoms with Gasteiger partial charge < -0.3 is 10.2 Å². The lowest BCUT2D eigenvalue weighted by molar-refractivity contribution is -0.118. The van der Waals surface area contributed by atoms with Crippen LogP contribution >= 0.6 is 0 Å². The Bertz CT molecular complexity index is 551. The van der Waals surface area contributed by atoms with E-state index < -0.39 is 0 Å². The number of nitrogens with zero attached hydrogens (tertiary/aromatic N) is 1. The minimum absolute atomic E-state index is 0.0515. The number of hydrogen-bond acceptors (Lipinski definition) is 2. The number of carbonyl (C=O) groups excluding carboxylic acids is 1. The van der Waals surface area contributed by atoms with Crippen LogP contribution in [0.25, 0.3) is 0 Å². The van der Waals surface area contributed by atoms with Gasteiger partial charge in [0.25, 0.3) is 0 Å². The maximum Gasteiger partial charge on any atom is 0.227 e. The van der Waals surface area contributed by atoms with E-state index in [9.17, 15) is 9.18 Å². The summed E-state index contributed by atoms with van der Waals surface area (Å²) in [6.07, 6.45) is 3.63. The molecule has 3 rings (SSSR count). The molecule has 0 saturated heterocycles. The van der Waals surface area contributed by atoms with E-state index in [0.29, 0.717) is 31.1 Å². The van der Waals surface area contributed by atoms with E-state index >= 15 is 0 Å². The van der Waals surface area contributed by atoms with Crippen molar-refractivity contribution in [3.63, 3.8) is 0 Å². The van der Waals surface area contributed by atoms with Crippen LogP contribution in [-0.4, -0.2) is 25.0 Å². The van der Waals surface area contributed by atoms with Crippen LogP contribution in [0.4, 0.5) is 10.1 Å². The van der Waals surface area contributed by atoms with Gasteiger partial charge in [-0.2, -0.15) is 0 Å². The van der Waals surface area contributed by atoms with Crippen molar-refractivity contribution in [2.45, 2.75) is 31.7 Å². The second-order valence-electron chi connectivity index (χ2n) is 5.66. The van der Waals surface area contributed by atoms with Crippen molar-refractivity contribution in [3.8, 4) is 0 Å². The van der Waals surface area contributed by atoms with Gasteiger partial charge in [-0.3, -0.25) is 4.79 Å². The molecule has 0 unspecified atom stereocenters. The summed E-state index contributed by atoms with van der Waals surface area (Å²) in [7, 11) is 0. The predicted molar refractivity (Wildman–Crippen MR) is 77.2 cm³/mol. The van der Waals surface area contributed by atoms with Gasteiger partial charge in [-0.05, 0) is 42.5 Å². The molecule has 3 nitrogen and oxygen atoms in total. The first-order chi connectivity index (χ1) is 9.63. The summed E-state index contributed by atoms with van der Waals surface area (Å²) in [5.41, 5.74) is 2.70. The Balaban J connectivity index is 1.72. The third-order valence-electron chi connectivity index (χ3n) is 3.85. The number of hydrogen-bond donors (Lipinski definition) is 1. The van der Waals surface area contributed by atoms with Crippen molar-refractivity contribution >= 4 is 11.6 Å². The highest BCUT2D eigenvalue weighted by atomic mass is 19.1. The topological polar surface area (TPSA) is 32.3 Å². The molecule has 1 saturated carbocycles. The van der Waals surface area contributed by atoms with Gasteiger partial charge in [-0.15, -0.1) is 0 Å². The smallest absolute Gasteiger partial charge is 0.227 e. The number of carbonyl (C=O) groups is 1. The van der Waals surface area contributed by atoms with Crippen LogP contribution in [0.15, 0.2) is 30.4 Å². The molecule has 1 heterocycles. The summed E-state index contributed by atoms with van der Waals surface area (Å²) in [4.78, 5) is 13.8. The van der Waals surface area contributed by atoms with Crippen molar-refractivity contribution in [3.05, 3.63) is 41.7 Å². The molecule has 1 aromatic carbocycles. The first kappa shape index (κ1) is 13.3. The highest BCUT2D eigenvalue weighted by Gasteiger charge is 2.25. The molecule has 1 aromatic rings. The molecule has 1 aliphatic carbocycles. The summed E-state index contributed by atoms with van der Waals surface area (Å²) in [5.74, 6) is -0.249. The molecule has 2 aliphatic rings. The lowest BCUT2D eigenvalue weighted by Crippen LogP contribution is -2.38. The van der Waals surface area contributed by atoms with E-state index in [2.05, 4.69) is 11.9 Å². The van der Waals surface area contributed by atoms with Crippen LogP contribution in [0.3, 0.4) is 0 Å². The summed E-state index contributed by atoms with van der Waals surface area (Å²) in [6.45, 7) is 5.22. The van der Waals surface area contributed by atoms with Gasteiger partial charge in [-0.1, -0.05) is 12.6 Å². The van der Waals surface area contributed by atoms with Gasteiger partial charge in [-0.25, -0.2) is 4.39 Å². The molecular weight excluding hydrogens is 255 g/mol. The number of nitrogens with one attached hydrogen (secondary N) is 1. The molecule has 0 radical (unpaired) electrons. The number of anilines is 1. The number of aryl methyl sites for hydroxylation is 1. The number of benzene rings is 1. The number of amides is 1. The Morgan fingerprint density at radius 2 is 2.20 bits per heavy atom. The zero-order chi connectivity index (χ0) is 14.1. The monoisotopic (exact) mass is 274 g/mol. The highest BCUT2D eigenvalue weighted by Crippen LogP contribution is 2.29. The minimum atomic E-state index is -0.301. The molecule has 0 spiro atoms. The SMILES string of the molecule is C=C(CNC1CC1)CN1C(=O)CCc2ccc(F)cc21. The van der Waals surface area contributed by atoms with E-state index in [-0.39, 0.29) is 11.7 Å². The lowest BCUT2D eigenvalue weighted by atomic mass is 10.0. The van der Waals surface area contributed by atoms with Crippen LogP contribution in [0.1, 0.15) is 24.8 Å². The molecule has 20 heavy (non-hydrogen) atoms. The van der Waals surface area contributed by atoms with E-state index in [1.165, 1.54) is 25.0 Å². The van der Waals surface area contributed by atoms with Crippen LogP contribution in [0, 0.1) is 5.82 Å². The second kappa shape index (κ2) is 5.37. The number of halogens is 1. The molecule has 1 N–H and O–H groups in total. The Morgan fingerprint density at radius 1 is 1.40 bits per heavy atom. The highest BCUT2D eigenvalue weighted by molar-refractivity contribution is 5.96. The van der Waals surface area contributed by atoms with E-state index in [0.717, 1.165) is 17.7 Å². The summed E-state index contributed by atoms with van der Waals surface area (Å²) in [5, 5.41) is 3.38. The zero-order valence-corrected chi connectivity index (χ0v) is 11.5. The molecule has 0 bridgehead atoms. The summed E-state index contributed by atoms with van der Waals surface area (Å²) >= 11 is 0. The largest absolute Gasteiger partial charge is 0.310 e. The van der Waals surface area contributed by atoms with E-state index in [1.54, 1.807) is 11.0 Å². The van der Waals surface area contributed by atoms with E-state index in [4.69, 9.17) is 0 Å². The fraction of sp³-hybridized carbons (Fsp3) is 0.438. The third-order valence-corrected chi connectivity index (χ3v) is 3.85. The quantitative estimate of drug-likeness (QED) is 0.836. The van der Waals surface area contributed by atoms with Crippen molar-refractivity contribution in [1.29, 1.82) is 0 Å². The van der Waals surface area contributed by atoms with Gasteiger partial charge in [0, 0.05) is 25.6 Å². The minimum Gasteiger partial charge on any atom is -0.310 e. The predicted octanol–water partition coefficient (Wildman–Crippen LogP) is 2.41. The number of fused-ring (bicyclic) bond motifs is 1. The average Bonchev–Trinajstić information content (AvgIpc) is 3.24. The van der Waals surface area contributed by atoms with Crippen molar-refractivity contribution in [2.24, 2.45) is 0 Å². The fourth-order valence-corrected chi connectivity index (χ4v) is 2.54. The maximum absolute atomic E-state index is 13.4. The Hall–Kier alpha value is -1.68. The third kappa shape index (κ3) is 2.90. The average molecular weight is 274 g/mol. The van der Waals surface area contributed by atoms with Crippen LogP contribution < -0.4 is 10.2 Å². The molecular formula is C16H19FN2O. The molecule has 1 aliphatic heterocycles. The summed E-state index contributed by atoms with van der Waals surface area (Å²) in [6, 6.07) is 5.30. The molecule has 1 amide bonds. The van der Waals surface area contributed by atoms with Crippen molar-refractivity contribution in [2.75, 3.05) is 18.0 Å². The van der Waals surface area contributed by atoms with Gasteiger partial charge in [0.1, 0.15) is 5.82 Å². The van der Waals surface area contributed by atoms with Gasteiger partial charge >= 0.3 is 0 Å². The molecule has 4 heteroatoms. The van der Waals surface area contributed by atoms with Gasteiger partial charge in [0.2, 0.25) is 5.91 Å². The maximum atomic E-state index is 13.4. The number of rotatable bonds is 5. The Kier molecular flexibility index (Phi) is 3.57. The van der Waals surface area contributed by atoms with Crippen LogP contribution in [0.5, 0.6) is 0 Å². The van der Waals surface area contributed by atoms with Crippen LogP contribution in [0.2, 0.25) is 0 Å². The first-order valence-electron chi connectivity index (χ1n) is 7.12. The summed E-state index contributed by atoms with van der Waals surface area (Å²) < 4.78 is 13.4. The molecule has 0 aromatic heterocycles. The first-order valence-corrected chi connectivity index (χ1v) is 7.12. The Labute approximate surface area is 118 Å². The molecule has 1 fully saturated rings. The normalized spacial score (nSPS) is 18.1. The molecule has 0 atom stereocenters. The molecule has 106 valence electrons. The fourth-order valence-electron chi connectivity index (χ4n) is 2.54. The Morgan fingerprint density at radius 3 is 2.95 bits per heavy atom. The van der Waals surface area contributed by atoms with Gasteiger partial charge in [0.15, 0.2) is 0 Å². The van der Waals surface area contributed by atoms with Crippen molar-refractivity contribution in [1.82, 2.24) is 5.32 Å². The van der Waals surface area contributed by atoms with Crippen molar-refractivity contribution < 1.29 is 9.18 Å². The zero-order valence-electron chi connectivity index (χ0n) is 11.5.